The van der Waals surface area contributed by atoms with Crippen molar-refractivity contribution in [1.29, 1.82) is 0 Å². The smallest absolute Gasteiger partial charge is 0.139 e. The summed E-state index contributed by atoms with van der Waals surface area (Å²) < 4.78 is 0. The van der Waals surface area contributed by atoms with E-state index in [9.17, 15) is 0 Å². The number of pyridine rings is 1. The molecule has 0 radical (unpaired) electrons. The molecule has 1 aromatic carbocycles. The number of halogens is 1. The van der Waals surface area contributed by atoms with Gasteiger partial charge in [0, 0.05) is 24.5 Å². The highest BCUT2D eigenvalue weighted by atomic mass is 35.5. The lowest BCUT2D eigenvalue weighted by atomic mass is 10.1. The molecule has 2 aromatic heterocycles. The quantitative estimate of drug-likeness (QED) is 0.672. The van der Waals surface area contributed by atoms with E-state index < -0.39 is 0 Å². The molecule has 5 heteroatoms. The van der Waals surface area contributed by atoms with E-state index in [-0.39, 0.29) is 0 Å². The lowest BCUT2D eigenvalue weighted by Crippen LogP contribution is -2.32. The minimum atomic E-state index is 0.556. The molecule has 116 valence electrons. The predicted molar refractivity (Wildman–Crippen MR) is 92.9 cm³/mol. The van der Waals surface area contributed by atoms with Crippen molar-refractivity contribution in [3.05, 3.63) is 58.8 Å². The summed E-state index contributed by atoms with van der Waals surface area (Å²) in [6, 6.07) is 10.2. The van der Waals surface area contributed by atoms with Crippen molar-refractivity contribution in [2.45, 2.75) is 26.3 Å². The van der Waals surface area contributed by atoms with E-state index in [1.807, 2.05) is 24.4 Å². The number of hydrogen-bond donors (Lipinski definition) is 0. The molecule has 3 aromatic rings. The number of nitrogens with zero attached hydrogens (tertiary/aromatic N) is 4. The van der Waals surface area contributed by atoms with Crippen LogP contribution in [0.25, 0.3) is 10.8 Å². The van der Waals surface area contributed by atoms with Gasteiger partial charge in [-0.25, -0.2) is 15.0 Å². The Labute approximate surface area is 140 Å². The van der Waals surface area contributed by atoms with Crippen molar-refractivity contribution < 1.29 is 0 Å². The average Bonchev–Trinajstić information content (AvgIpc) is 2.60. The molecule has 4 nitrogen and oxygen atoms in total. The van der Waals surface area contributed by atoms with Crippen molar-refractivity contribution in [2.24, 2.45) is 0 Å². The van der Waals surface area contributed by atoms with E-state index >= 15 is 0 Å². The molecule has 4 rings (SSSR count). The first-order valence-electron chi connectivity index (χ1n) is 7.88. The number of fused-ring (bicyclic) bond motifs is 2. The molecule has 3 heterocycles. The van der Waals surface area contributed by atoms with Crippen molar-refractivity contribution in [3.63, 3.8) is 0 Å². The fourth-order valence-electron chi connectivity index (χ4n) is 3.02. The summed E-state index contributed by atoms with van der Waals surface area (Å²) >= 11 is 6.37. The molecular formula is C18H17ClN4. The van der Waals surface area contributed by atoms with Gasteiger partial charge in [-0.15, -0.1) is 0 Å². The highest BCUT2D eigenvalue weighted by molar-refractivity contribution is 6.34. The topological polar surface area (TPSA) is 41.9 Å². The van der Waals surface area contributed by atoms with Crippen molar-refractivity contribution >= 4 is 28.2 Å². The van der Waals surface area contributed by atoms with Gasteiger partial charge in [0.2, 0.25) is 0 Å². The largest absolute Gasteiger partial charge is 0.350 e. The highest BCUT2D eigenvalue weighted by Gasteiger charge is 2.20. The Balaban J connectivity index is 1.71. The van der Waals surface area contributed by atoms with Gasteiger partial charge in [-0.05, 0) is 23.4 Å². The zero-order chi connectivity index (χ0) is 15.8. The molecule has 23 heavy (non-hydrogen) atoms. The third-order valence-electron chi connectivity index (χ3n) is 4.32. The van der Waals surface area contributed by atoms with E-state index in [0.29, 0.717) is 5.15 Å². The maximum absolute atomic E-state index is 6.37. The summed E-state index contributed by atoms with van der Waals surface area (Å²) in [5.74, 6) is 1.81. The first-order valence-corrected chi connectivity index (χ1v) is 8.26. The van der Waals surface area contributed by atoms with Gasteiger partial charge < -0.3 is 4.90 Å². The van der Waals surface area contributed by atoms with Gasteiger partial charge in [0.15, 0.2) is 0 Å². The van der Waals surface area contributed by atoms with Crippen LogP contribution in [-0.4, -0.2) is 21.5 Å². The van der Waals surface area contributed by atoms with Gasteiger partial charge in [-0.3, -0.25) is 0 Å². The van der Waals surface area contributed by atoms with E-state index in [1.54, 1.807) is 0 Å². The second kappa shape index (κ2) is 5.78. The van der Waals surface area contributed by atoms with Crippen LogP contribution in [0.1, 0.15) is 24.0 Å². The maximum Gasteiger partial charge on any atom is 0.139 e. The Morgan fingerprint density at radius 3 is 2.96 bits per heavy atom. The summed E-state index contributed by atoms with van der Waals surface area (Å²) in [6.07, 6.45) is 3.76. The van der Waals surface area contributed by atoms with Crippen LogP contribution in [0.15, 0.2) is 36.5 Å². The highest BCUT2D eigenvalue weighted by Crippen LogP contribution is 2.28. The molecule has 0 unspecified atom stereocenters. The van der Waals surface area contributed by atoms with Crippen molar-refractivity contribution in [3.8, 4) is 0 Å². The van der Waals surface area contributed by atoms with Gasteiger partial charge in [0.05, 0.1) is 12.2 Å². The van der Waals surface area contributed by atoms with Crippen LogP contribution >= 0.6 is 11.6 Å². The standard InChI is InChI=1S/C18H17ClN4/c1-2-16-20-10-13-7-8-23(11-15(13)21-16)17-9-12-5-3-4-6-14(12)18(19)22-17/h3-6,9-10H,2,7-8,11H2,1H3. The Morgan fingerprint density at radius 2 is 2.09 bits per heavy atom. The van der Waals surface area contributed by atoms with Gasteiger partial charge in [0.1, 0.15) is 16.8 Å². The van der Waals surface area contributed by atoms with Crippen LogP contribution in [0.5, 0.6) is 0 Å². The average molecular weight is 325 g/mol. The summed E-state index contributed by atoms with van der Waals surface area (Å²) in [4.78, 5) is 15.9. The van der Waals surface area contributed by atoms with Crippen LogP contribution in [0.3, 0.4) is 0 Å². The van der Waals surface area contributed by atoms with Gasteiger partial charge in [-0.2, -0.15) is 0 Å². The van der Waals surface area contributed by atoms with Gasteiger partial charge in [-0.1, -0.05) is 42.8 Å². The summed E-state index contributed by atoms with van der Waals surface area (Å²) in [5, 5.41) is 2.66. The maximum atomic E-state index is 6.37. The molecule has 0 bridgehead atoms. The third kappa shape index (κ3) is 2.63. The molecule has 0 fully saturated rings. The van der Waals surface area contributed by atoms with Crippen molar-refractivity contribution in [2.75, 3.05) is 11.4 Å². The molecule has 1 aliphatic rings. The van der Waals surface area contributed by atoms with Crippen LogP contribution in [0.2, 0.25) is 5.15 Å². The third-order valence-corrected chi connectivity index (χ3v) is 4.60. The molecule has 1 aliphatic heterocycles. The van der Waals surface area contributed by atoms with Crippen LogP contribution < -0.4 is 4.90 Å². The lowest BCUT2D eigenvalue weighted by Gasteiger charge is -2.29. The Bertz CT molecular complexity index is 878. The van der Waals surface area contributed by atoms with E-state index in [0.717, 1.165) is 54.0 Å². The minimum absolute atomic E-state index is 0.556. The zero-order valence-electron chi connectivity index (χ0n) is 13.0. The normalized spacial score (nSPS) is 14.1. The molecule has 0 atom stereocenters. The van der Waals surface area contributed by atoms with Crippen LogP contribution in [-0.2, 0) is 19.4 Å². The number of anilines is 1. The zero-order valence-corrected chi connectivity index (χ0v) is 13.7. The molecule has 0 amide bonds. The molecular weight excluding hydrogens is 308 g/mol. The number of benzene rings is 1. The first kappa shape index (κ1) is 14.4. The first-order chi connectivity index (χ1) is 11.2. The number of aryl methyl sites for hydroxylation is 1. The second-order valence-electron chi connectivity index (χ2n) is 5.78. The monoisotopic (exact) mass is 324 g/mol. The summed E-state index contributed by atoms with van der Waals surface area (Å²) in [7, 11) is 0. The fourth-order valence-corrected chi connectivity index (χ4v) is 3.27. The fraction of sp³-hybridized carbons (Fsp3) is 0.278. The molecule has 0 saturated heterocycles. The number of rotatable bonds is 2. The van der Waals surface area contributed by atoms with E-state index in [1.165, 1.54) is 5.56 Å². The SMILES string of the molecule is CCc1ncc2c(n1)CN(c1cc3ccccc3c(Cl)n1)CC2. The molecule has 0 N–H and O–H groups in total. The summed E-state index contributed by atoms with van der Waals surface area (Å²) in [5.41, 5.74) is 2.35. The van der Waals surface area contributed by atoms with Crippen LogP contribution in [0, 0.1) is 0 Å². The number of aromatic nitrogens is 3. The predicted octanol–water partition coefficient (Wildman–Crippen LogP) is 3.80. The van der Waals surface area contributed by atoms with E-state index in [2.05, 4.69) is 38.9 Å². The number of hydrogen-bond acceptors (Lipinski definition) is 4. The summed E-state index contributed by atoms with van der Waals surface area (Å²) in [6.45, 7) is 3.74. The van der Waals surface area contributed by atoms with Crippen molar-refractivity contribution in [1.82, 2.24) is 15.0 Å². The molecule has 0 aliphatic carbocycles. The molecule has 0 saturated carbocycles. The van der Waals surface area contributed by atoms with E-state index in [4.69, 9.17) is 11.6 Å². The lowest BCUT2D eigenvalue weighted by molar-refractivity contribution is 0.685. The second-order valence-corrected chi connectivity index (χ2v) is 6.13. The Hall–Kier alpha value is -2.20. The van der Waals surface area contributed by atoms with Gasteiger partial charge in [0.25, 0.3) is 0 Å². The van der Waals surface area contributed by atoms with Gasteiger partial charge >= 0.3 is 0 Å². The minimum Gasteiger partial charge on any atom is -0.350 e. The Morgan fingerprint density at radius 1 is 1.22 bits per heavy atom. The molecule has 0 spiro atoms. The van der Waals surface area contributed by atoms with Crippen LogP contribution in [0.4, 0.5) is 5.82 Å². The Kier molecular flexibility index (Phi) is 3.62.